The third-order valence-corrected chi connectivity index (χ3v) is 1.94. The van der Waals surface area contributed by atoms with E-state index in [4.69, 9.17) is 4.55 Å². The molecule has 0 aliphatic carbocycles. The van der Waals surface area contributed by atoms with Gasteiger partial charge in [0.15, 0.2) is 0 Å². The topological polar surface area (TPSA) is 54.4 Å². The zero-order chi connectivity index (χ0) is 8.20. The van der Waals surface area contributed by atoms with E-state index < -0.39 is 15.4 Å². The van der Waals surface area contributed by atoms with Crippen LogP contribution in [0.1, 0.15) is 20.3 Å². The highest BCUT2D eigenvalue weighted by molar-refractivity contribution is 7.86. The van der Waals surface area contributed by atoms with Gasteiger partial charge in [0.05, 0.1) is 0 Å². The van der Waals surface area contributed by atoms with Crippen molar-refractivity contribution in [1.82, 2.24) is 0 Å². The van der Waals surface area contributed by atoms with Crippen LogP contribution in [0.25, 0.3) is 0 Å². The maximum absolute atomic E-state index is 10.3. The van der Waals surface area contributed by atoms with Gasteiger partial charge in [-0.1, -0.05) is 12.8 Å². The lowest BCUT2D eigenvalue weighted by Gasteiger charge is -1.95. The van der Waals surface area contributed by atoms with E-state index in [-0.39, 0.29) is 0 Å². The third-order valence-electron chi connectivity index (χ3n) is 0.929. The first-order chi connectivity index (χ1) is 4.48. The van der Waals surface area contributed by atoms with Gasteiger partial charge in [-0.05, 0) is 6.92 Å². The summed E-state index contributed by atoms with van der Waals surface area (Å²) in [6.45, 7) is 3.15. The maximum atomic E-state index is 10.3. The molecule has 1 N–H and O–H groups in total. The molecule has 0 radical (unpaired) electrons. The van der Waals surface area contributed by atoms with Crippen molar-refractivity contribution in [3.05, 3.63) is 0 Å². The van der Waals surface area contributed by atoms with Gasteiger partial charge in [0.25, 0.3) is 10.1 Å². The first-order valence-electron chi connectivity index (χ1n) is 2.93. The number of hydrogen-bond acceptors (Lipinski definition) is 2. The van der Waals surface area contributed by atoms with Gasteiger partial charge in [0.1, 0.15) is 5.25 Å². The molecule has 0 saturated carbocycles. The fourth-order valence-corrected chi connectivity index (χ4v) is 0.553. The minimum atomic E-state index is -3.95. The molecule has 4 heteroatoms. The molecule has 0 aliphatic rings. The monoisotopic (exact) mass is 162 g/mol. The van der Waals surface area contributed by atoms with Crippen LogP contribution >= 0.6 is 0 Å². The molecule has 0 aromatic heterocycles. The van der Waals surface area contributed by atoms with E-state index >= 15 is 0 Å². The van der Waals surface area contributed by atoms with Gasteiger partial charge < -0.3 is 0 Å². The van der Waals surface area contributed by atoms with E-state index in [1.807, 2.05) is 6.92 Å². The second kappa shape index (κ2) is 3.59. The highest BCUT2D eigenvalue weighted by Gasteiger charge is 2.12. The summed E-state index contributed by atoms with van der Waals surface area (Å²) < 4.78 is 29.0. The van der Waals surface area contributed by atoms with Crippen molar-refractivity contribution in [2.75, 3.05) is 0 Å². The largest absolute Gasteiger partial charge is 0.285 e. The molecule has 0 amide bonds. The van der Waals surface area contributed by atoms with Gasteiger partial charge >= 0.3 is 0 Å². The summed E-state index contributed by atoms with van der Waals surface area (Å²) in [5, 5.41) is -0.965. The molecular weight excluding hydrogens is 152 g/mol. The average Bonchev–Trinajstić information content (AvgIpc) is 1.80. The first-order valence-corrected chi connectivity index (χ1v) is 4.43. The molecule has 0 spiro atoms. The molecule has 10 heavy (non-hydrogen) atoms. The predicted octanol–water partition coefficient (Wildman–Crippen LogP) is 0.676. The van der Waals surface area contributed by atoms with E-state index in [2.05, 4.69) is 11.8 Å². The average molecular weight is 162 g/mol. The van der Waals surface area contributed by atoms with Crippen molar-refractivity contribution in [2.24, 2.45) is 0 Å². The van der Waals surface area contributed by atoms with Crippen molar-refractivity contribution < 1.29 is 13.0 Å². The van der Waals surface area contributed by atoms with Gasteiger partial charge in [0, 0.05) is 6.42 Å². The number of hydrogen-bond donors (Lipinski definition) is 1. The van der Waals surface area contributed by atoms with Gasteiger partial charge in [-0.25, -0.2) is 0 Å². The zero-order valence-electron chi connectivity index (χ0n) is 5.96. The van der Waals surface area contributed by atoms with Gasteiger partial charge in [0.2, 0.25) is 0 Å². The second-order valence-electron chi connectivity index (χ2n) is 1.83. The van der Waals surface area contributed by atoms with E-state index in [9.17, 15) is 8.42 Å². The molecule has 58 valence electrons. The maximum Gasteiger partial charge on any atom is 0.278 e. The van der Waals surface area contributed by atoms with Gasteiger partial charge in [-0.15, -0.1) is 5.92 Å². The van der Waals surface area contributed by atoms with E-state index in [0.29, 0.717) is 6.42 Å². The molecule has 0 fully saturated rings. The van der Waals surface area contributed by atoms with Gasteiger partial charge in [-0.3, -0.25) is 4.55 Å². The van der Waals surface area contributed by atoms with Crippen LogP contribution in [0, 0.1) is 11.8 Å². The summed E-state index contributed by atoms with van der Waals surface area (Å²) in [4.78, 5) is 0. The second-order valence-corrected chi connectivity index (χ2v) is 3.57. The molecule has 0 rings (SSSR count). The van der Waals surface area contributed by atoms with Crippen LogP contribution < -0.4 is 0 Å². The van der Waals surface area contributed by atoms with E-state index in [0.717, 1.165) is 0 Å². The highest BCUT2D eigenvalue weighted by Crippen LogP contribution is 1.93. The van der Waals surface area contributed by atoms with Crippen LogP contribution in [-0.4, -0.2) is 18.2 Å². The molecule has 0 aromatic carbocycles. The molecule has 0 aliphatic heterocycles. The summed E-state index contributed by atoms with van der Waals surface area (Å²) in [5.41, 5.74) is 0. The predicted molar refractivity (Wildman–Crippen MR) is 39.1 cm³/mol. The Bertz CT molecular complexity index is 242. The van der Waals surface area contributed by atoms with Crippen molar-refractivity contribution in [2.45, 2.75) is 25.5 Å². The summed E-state index contributed by atoms with van der Waals surface area (Å²) >= 11 is 0. The lowest BCUT2D eigenvalue weighted by atomic mass is 10.4. The van der Waals surface area contributed by atoms with E-state index in [1.165, 1.54) is 6.92 Å². The Kier molecular flexibility index (Phi) is 3.40. The fourth-order valence-electron chi connectivity index (χ4n) is 0.320. The van der Waals surface area contributed by atoms with E-state index in [1.54, 1.807) is 0 Å². The lowest BCUT2D eigenvalue weighted by molar-refractivity contribution is 0.478. The van der Waals surface area contributed by atoms with Crippen LogP contribution in [-0.2, 0) is 10.1 Å². The molecule has 1 unspecified atom stereocenters. The lowest BCUT2D eigenvalue weighted by Crippen LogP contribution is -2.13. The molecule has 0 saturated heterocycles. The number of rotatable bonds is 1. The van der Waals surface area contributed by atoms with Crippen LogP contribution in [0.4, 0.5) is 0 Å². The summed E-state index contributed by atoms with van der Waals surface area (Å²) in [6, 6.07) is 0. The molecular formula is C6H10O3S. The quantitative estimate of drug-likeness (QED) is 0.455. The van der Waals surface area contributed by atoms with Crippen LogP contribution in [0.5, 0.6) is 0 Å². The normalized spacial score (nSPS) is 13.5. The van der Waals surface area contributed by atoms with Crippen LogP contribution in [0.2, 0.25) is 0 Å². The standard InChI is InChI=1S/C6H10O3S/c1-3-4-5-6(2)10(7,8)9/h6H,3H2,1-2H3,(H,7,8,9). The van der Waals surface area contributed by atoms with Crippen molar-refractivity contribution in [1.29, 1.82) is 0 Å². The smallest absolute Gasteiger partial charge is 0.278 e. The molecule has 0 aromatic rings. The zero-order valence-corrected chi connectivity index (χ0v) is 6.77. The highest BCUT2D eigenvalue weighted by atomic mass is 32.2. The van der Waals surface area contributed by atoms with Crippen molar-refractivity contribution in [3.8, 4) is 11.8 Å². The SMILES string of the molecule is CCC#CC(C)S(=O)(=O)O. The Labute approximate surface area is 61.2 Å². The van der Waals surface area contributed by atoms with Crippen molar-refractivity contribution in [3.63, 3.8) is 0 Å². The van der Waals surface area contributed by atoms with Gasteiger partial charge in [-0.2, -0.15) is 8.42 Å². The minimum Gasteiger partial charge on any atom is -0.285 e. The van der Waals surface area contributed by atoms with Crippen LogP contribution in [0.3, 0.4) is 0 Å². The molecule has 1 atom stereocenters. The summed E-state index contributed by atoms with van der Waals surface area (Å²) in [5.74, 6) is 4.95. The Hall–Kier alpha value is -0.530. The van der Waals surface area contributed by atoms with Crippen molar-refractivity contribution >= 4 is 10.1 Å². The molecule has 0 bridgehead atoms. The molecule has 0 heterocycles. The Balaban J connectivity index is 4.26. The Morgan fingerprint density at radius 2 is 2.10 bits per heavy atom. The van der Waals surface area contributed by atoms with Crippen LogP contribution in [0.15, 0.2) is 0 Å². The first kappa shape index (κ1) is 9.47. The Morgan fingerprint density at radius 3 is 2.40 bits per heavy atom. The summed E-state index contributed by atoms with van der Waals surface area (Å²) in [6.07, 6.45) is 0.597. The third kappa shape index (κ3) is 3.49. The summed E-state index contributed by atoms with van der Waals surface area (Å²) in [7, 11) is -3.95. The Morgan fingerprint density at radius 1 is 1.60 bits per heavy atom. The molecule has 3 nitrogen and oxygen atoms in total. The fraction of sp³-hybridized carbons (Fsp3) is 0.667. The minimum absolute atomic E-state index is 0.597.